The second kappa shape index (κ2) is 4.49. The summed E-state index contributed by atoms with van der Waals surface area (Å²) in [6.07, 6.45) is 1.62. The van der Waals surface area contributed by atoms with Crippen molar-refractivity contribution in [3.63, 3.8) is 0 Å². The fourth-order valence-corrected chi connectivity index (χ4v) is 3.52. The van der Waals surface area contributed by atoms with Gasteiger partial charge in [-0.15, -0.1) is 4.40 Å². The summed E-state index contributed by atoms with van der Waals surface area (Å²) in [5.41, 5.74) is 1.66. The van der Waals surface area contributed by atoms with E-state index in [0.717, 1.165) is 11.3 Å². The lowest BCUT2D eigenvalue weighted by molar-refractivity contribution is 0.482. The fourth-order valence-electron chi connectivity index (χ4n) is 2.27. The van der Waals surface area contributed by atoms with Gasteiger partial charge in [0.05, 0.1) is 6.26 Å². The van der Waals surface area contributed by atoms with Crippen LogP contribution < -0.4 is 0 Å². The molecule has 1 aliphatic rings. The Morgan fingerprint density at radius 1 is 1.25 bits per heavy atom. The number of furan rings is 1. The summed E-state index contributed by atoms with van der Waals surface area (Å²) in [6, 6.07) is 8.75. The average Bonchev–Trinajstić information content (AvgIpc) is 2.93. The van der Waals surface area contributed by atoms with Crippen LogP contribution in [0.2, 0.25) is 0 Å². The molecule has 0 fully saturated rings. The normalized spacial score (nSPS) is 15.8. The quantitative estimate of drug-likeness (QED) is 0.850. The van der Waals surface area contributed by atoms with Crippen LogP contribution in [-0.4, -0.2) is 26.2 Å². The largest absolute Gasteiger partial charge is 0.469 e. The van der Waals surface area contributed by atoms with Crippen LogP contribution in [-0.2, 0) is 16.6 Å². The van der Waals surface area contributed by atoms with E-state index in [2.05, 4.69) is 4.40 Å². The highest BCUT2D eigenvalue weighted by molar-refractivity contribution is 7.90. The van der Waals surface area contributed by atoms with E-state index in [1.54, 1.807) is 24.5 Å². The smallest absolute Gasteiger partial charge is 0.285 e. The van der Waals surface area contributed by atoms with E-state index in [1.807, 2.05) is 31.0 Å². The van der Waals surface area contributed by atoms with Gasteiger partial charge in [0.25, 0.3) is 10.0 Å². The summed E-state index contributed by atoms with van der Waals surface area (Å²) in [5.74, 6) is 1.30. The first-order chi connectivity index (χ1) is 9.49. The first-order valence-electron chi connectivity index (χ1n) is 6.17. The van der Waals surface area contributed by atoms with Crippen LogP contribution in [0.25, 0.3) is 0 Å². The van der Waals surface area contributed by atoms with Crippen molar-refractivity contribution >= 4 is 15.9 Å². The minimum atomic E-state index is -3.57. The lowest BCUT2D eigenvalue weighted by atomic mass is 10.1. The van der Waals surface area contributed by atoms with Crippen LogP contribution in [0.15, 0.2) is 50.3 Å². The Bertz CT molecular complexity index is 790. The van der Waals surface area contributed by atoms with E-state index in [0.29, 0.717) is 17.9 Å². The van der Waals surface area contributed by atoms with Crippen molar-refractivity contribution in [1.29, 1.82) is 0 Å². The van der Waals surface area contributed by atoms with Gasteiger partial charge < -0.3 is 9.32 Å². The second-order valence-electron chi connectivity index (χ2n) is 4.74. The molecule has 6 heteroatoms. The van der Waals surface area contributed by atoms with Crippen LogP contribution in [0.4, 0.5) is 0 Å². The van der Waals surface area contributed by atoms with Gasteiger partial charge in [-0.1, -0.05) is 12.1 Å². The Hall–Kier alpha value is -2.08. The predicted molar refractivity (Wildman–Crippen MR) is 75.1 cm³/mol. The van der Waals surface area contributed by atoms with Gasteiger partial charge in [-0.25, -0.2) is 0 Å². The number of nitrogens with zero attached hydrogens (tertiary/aromatic N) is 2. The zero-order valence-electron chi connectivity index (χ0n) is 11.2. The average molecular weight is 290 g/mol. The number of rotatable bonds is 2. The third-order valence-electron chi connectivity index (χ3n) is 3.35. The van der Waals surface area contributed by atoms with Gasteiger partial charge in [0.2, 0.25) is 0 Å². The molecular weight excluding hydrogens is 276 g/mol. The van der Waals surface area contributed by atoms with Crippen molar-refractivity contribution in [2.24, 2.45) is 4.40 Å². The summed E-state index contributed by atoms with van der Waals surface area (Å²) in [5, 5.41) is 0. The fraction of sp³-hybridized carbons (Fsp3) is 0.214. The Kier molecular flexibility index (Phi) is 2.90. The molecule has 20 heavy (non-hydrogen) atoms. The molecule has 2 aromatic rings. The Labute approximate surface area is 117 Å². The van der Waals surface area contributed by atoms with Crippen molar-refractivity contribution < 1.29 is 12.8 Å². The highest BCUT2D eigenvalue weighted by Gasteiger charge is 2.30. The number of benzene rings is 1. The molecule has 0 spiro atoms. The lowest BCUT2D eigenvalue weighted by Crippen LogP contribution is -2.26. The number of hydrogen-bond donors (Lipinski definition) is 0. The van der Waals surface area contributed by atoms with Gasteiger partial charge in [0.1, 0.15) is 10.7 Å². The molecule has 0 amide bonds. The van der Waals surface area contributed by atoms with Gasteiger partial charge in [-0.3, -0.25) is 0 Å². The van der Waals surface area contributed by atoms with Crippen molar-refractivity contribution in [2.45, 2.75) is 18.4 Å². The van der Waals surface area contributed by atoms with Crippen LogP contribution in [0, 0.1) is 6.92 Å². The minimum Gasteiger partial charge on any atom is -0.469 e. The molecule has 1 aromatic carbocycles. The second-order valence-corrected chi connectivity index (χ2v) is 6.32. The van der Waals surface area contributed by atoms with Gasteiger partial charge in [-0.2, -0.15) is 8.42 Å². The SMILES string of the molecule is Cc1occc1CN(C)C1=NS(=O)(=O)c2ccccc21. The van der Waals surface area contributed by atoms with E-state index in [1.165, 1.54) is 0 Å². The standard InChI is InChI=1S/C14H14N2O3S/c1-10-11(7-8-19-10)9-16(2)14-12-5-3-4-6-13(12)20(17,18)15-14/h3-8H,9H2,1-2H3. The molecule has 3 rings (SSSR count). The molecule has 5 nitrogen and oxygen atoms in total. The number of sulfonamides is 1. The zero-order valence-corrected chi connectivity index (χ0v) is 12.0. The molecule has 0 atom stereocenters. The monoisotopic (exact) mass is 290 g/mol. The van der Waals surface area contributed by atoms with Crippen molar-refractivity contribution in [3.05, 3.63) is 53.5 Å². The van der Waals surface area contributed by atoms with Gasteiger partial charge >= 0.3 is 0 Å². The van der Waals surface area contributed by atoms with Crippen LogP contribution in [0.1, 0.15) is 16.9 Å². The summed E-state index contributed by atoms with van der Waals surface area (Å²) in [6.45, 7) is 2.43. The molecule has 0 bridgehead atoms. The van der Waals surface area contributed by atoms with Crippen LogP contribution in [0.5, 0.6) is 0 Å². The highest BCUT2D eigenvalue weighted by Crippen LogP contribution is 2.27. The Morgan fingerprint density at radius 2 is 2.00 bits per heavy atom. The molecule has 1 aromatic heterocycles. The number of fused-ring (bicyclic) bond motifs is 1. The topological polar surface area (TPSA) is 62.9 Å². The number of aryl methyl sites for hydroxylation is 1. The molecule has 0 N–H and O–H groups in total. The minimum absolute atomic E-state index is 0.269. The summed E-state index contributed by atoms with van der Waals surface area (Å²) in [7, 11) is -1.74. The Balaban J connectivity index is 1.97. The maximum atomic E-state index is 12.0. The third-order valence-corrected chi connectivity index (χ3v) is 4.67. The molecule has 0 radical (unpaired) electrons. The van der Waals surface area contributed by atoms with Gasteiger partial charge in [0, 0.05) is 24.7 Å². The molecule has 0 saturated carbocycles. The first-order valence-corrected chi connectivity index (χ1v) is 7.61. The van der Waals surface area contributed by atoms with Crippen LogP contribution >= 0.6 is 0 Å². The number of hydrogen-bond acceptors (Lipinski definition) is 4. The van der Waals surface area contributed by atoms with Crippen molar-refractivity contribution in [2.75, 3.05) is 7.05 Å². The van der Waals surface area contributed by atoms with E-state index in [4.69, 9.17) is 4.42 Å². The van der Waals surface area contributed by atoms with Crippen LogP contribution in [0.3, 0.4) is 0 Å². The predicted octanol–water partition coefficient (Wildman–Crippen LogP) is 2.17. The molecule has 0 unspecified atom stereocenters. The maximum Gasteiger partial charge on any atom is 0.285 e. The third kappa shape index (κ3) is 2.02. The first kappa shape index (κ1) is 12.9. The molecule has 104 valence electrons. The number of amidine groups is 1. The van der Waals surface area contributed by atoms with Gasteiger partial charge in [-0.05, 0) is 25.1 Å². The van der Waals surface area contributed by atoms with Crippen molar-refractivity contribution in [1.82, 2.24) is 4.90 Å². The molecule has 0 saturated heterocycles. The highest BCUT2D eigenvalue weighted by atomic mass is 32.2. The zero-order chi connectivity index (χ0) is 14.3. The summed E-state index contributed by atoms with van der Waals surface area (Å²) in [4.78, 5) is 2.09. The maximum absolute atomic E-state index is 12.0. The molecule has 2 heterocycles. The van der Waals surface area contributed by atoms with E-state index in [9.17, 15) is 8.42 Å². The van der Waals surface area contributed by atoms with E-state index >= 15 is 0 Å². The Morgan fingerprint density at radius 3 is 2.70 bits per heavy atom. The summed E-state index contributed by atoms with van der Waals surface area (Å²) < 4.78 is 33.1. The lowest BCUT2D eigenvalue weighted by Gasteiger charge is -2.18. The molecular formula is C14H14N2O3S. The molecule has 1 aliphatic heterocycles. The van der Waals surface area contributed by atoms with E-state index < -0.39 is 10.0 Å². The van der Waals surface area contributed by atoms with E-state index in [-0.39, 0.29) is 4.90 Å². The summed E-state index contributed by atoms with van der Waals surface area (Å²) >= 11 is 0. The van der Waals surface area contributed by atoms with Gasteiger partial charge in [0.15, 0.2) is 5.84 Å². The molecule has 0 aliphatic carbocycles. The van der Waals surface area contributed by atoms with Crippen molar-refractivity contribution in [3.8, 4) is 0 Å².